The topological polar surface area (TPSA) is 97.8 Å². The minimum atomic E-state index is 0.202. The number of methoxy groups -OCH3 is 3. The van der Waals surface area contributed by atoms with Crippen LogP contribution in [0.1, 0.15) is 0 Å². The lowest BCUT2D eigenvalue weighted by atomic mass is 10.2. The van der Waals surface area contributed by atoms with Gasteiger partial charge in [0.05, 0.1) is 21.3 Å². The molecule has 1 aromatic heterocycles. The molecule has 0 aliphatic heterocycles. The van der Waals surface area contributed by atoms with E-state index in [9.17, 15) is 5.11 Å². The minimum Gasteiger partial charge on any atom is -0.508 e. The van der Waals surface area contributed by atoms with E-state index < -0.39 is 0 Å². The lowest BCUT2D eigenvalue weighted by Crippen LogP contribution is -2.02. The van der Waals surface area contributed by atoms with Gasteiger partial charge in [-0.3, -0.25) is 0 Å². The first-order valence-electron chi connectivity index (χ1n) is 8.09. The van der Waals surface area contributed by atoms with Gasteiger partial charge >= 0.3 is 0 Å². The zero-order valence-corrected chi connectivity index (χ0v) is 15.2. The molecule has 0 unspecified atom stereocenters. The monoisotopic (exact) mass is 368 g/mol. The molecule has 3 aromatic rings. The highest BCUT2D eigenvalue weighted by atomic mass is 16.5. The Morgan fingerprint density at radius 2 is 1.48 bits per heavy atom. The highest BCUT2D eigenvalue weighted by Gasteiger charge is 2.14. The predicted molar refractivity (Wildman–Crippen MR) is 103 cm³/mol. The maximum Gasteiger partial charge on any atom is 0.229 e. The summed E-state index contributed by atoms with van der Waals surface area (Å²) < 4.78 is 16.0. The number of aromatic nitrogens is 2. The number of ether oxygens (including phenoxy) is 3. The average molecular weight is 368 g/mol. The summed E-state index contributed by atoms with van der Waals surface area (Å²) in [5.41, 5.74) is 1.48. The van der Waals surface area contributed by atoms with Crippen molar-refractivity contribution in [2.45, 2.75) is 0 Å². The van der Waals surface area contributed by atoms with Gasteiger partial charge in [0.25, 0.3) is 0 Å². The molecule has 0 radical (unpaired) electrons. The molecule has 0 aliphatic rings. The summed E-state index contributed by atoms with van der Waals surface area (Å²) in [5, 5.41) is 15.6. The third-order valence-corrected chi connectivity index (χ3v) is 3.72. The summed E-state index contributed by atoms with van der Waals surface area (Å²) >= 11 is 0. The number of rotatable bonds is 7. The highest BCUT2D eigenvalue weighted by Crippen LogP contribution is 2.40. The molecule has 0 fully saturated rings. The van der Waals surface area contributed by atoms with Crippen molar-refractivity contribution in [2.24, 2.45) is 0 Å². The van der Waals surface area contributed by atoms with Gasteiger partial charge in [-0.05, 0) is 30.3 Å². The van der Waals surface area contributed by atoms with E-state index >= 15 is 0 Å². The van der Waals surface area contributed by atoms with Crippen LogP contribution in [-0.2, 0) is 0 Å². The second-order valence-corrected chi connectivity index (χ2v) is 5.48. The van der Waals surface area contributed by atoms with Crippen LogP contribution in [-0.4, -0.2) is 36.4 Å². The molecular weight excluding hydrogens is 348 g/mol. The summed E-state index contributed by atoms with van der Waals surface area (Å²) in [7, 11) is 4.66. The molecule has 0 saturated carbocycles. The first kappa shape index (κ1) is 18.1. The summed E-state index contributed by atoms with van der Waals surface area (Å²) in [6, 6.07) is 12.0. The van der Waals surface area contributed by atoms with E-state index in [0.29, 0.717) is 34.7 Å². The number of benzene rings is 2. The number of hydrogen-bond acceptors (Lipinski definition) is 8. The maximum absolute atomic E-state index is 9.36. The summed E-state index contributed by atoms with van der Waals surface area (Å²) in [6.45, 7) is 0. The summed E-state index contributed by atoms with van der Waals surface area (Å²) in [5.74, 6) is 2.76. The minimum absolute atomic E-state index is 0.202. The number of nitrogens with one attached hydrogen (secondary N) is 2. The Hall–Kier alpha value is -3.68. The van der Waals surface area contributed by atoms with Crippen molar-refractivity contribution >= 4 is 23.1 Å². The number of phenols is 1. The largest absolute Gasteiger partial charge is 0.508 e. The zero-order chi connectivity index (χ0) is 19.2. The van der Waals surface area contributed by atoms with Crippen molar-refractivity contribution in [1.82, 2.24) is 9.97 Å². The van der Waals surface area contributed by atoms with Gasteiger partial charge < -0.3 is 30.0 Å². The number of anilines is 4. The van der Waals surface area contributed by atoms with Crippen LogP contribution >= 0.6 is 0 Å². The standard InChI is InChI=1S/C19H20N4O4/c1-25-15-10-13(11-16(26-2)18(15)27-3)22-19-20-9-8-17(23-19)21-12-4-6-14(24)7-5-12/h4-11,24H,1-3H3,(H2,20,21,22,23). The summed E-state index contributed by atoms with van der Waals surface area (Å²) in [4.78, 5) is 8.66. The van der Waals surface area contributed by atoms with Crippen molar-refractivity contribution in [3.8, 4) is 23.0 Å². The van der Waals surface area contributed by atoms with Crippen LogP contribution in [0.3, 0.4) is 0 Å². The molecule has 0 amide bonds. The molecule has 8 heteroatoms. The van der Waals surface area contributed by atoms with Gasteiger partial charge in [0.2, 0.25) is 11.7 Å². The second-order valence-electron chi connectivity index (χ2n) is 5.48. The van der Waals surface area contributed by atoms with Crippen LogP contribution in [0.5, 0.6) is 23.0 Å². The van der Waals surface area contributed by atoms with Crippen molar-refractivity contribution in [1.29, 1.82) is 0 Å². The third kappa shape index (κ3) is 4.30. The number of nitrogens with zero attached hydrogens (tertiary/aromatic N) is 2. The third-order valence-electron chi connectivity index (χ3n) is 3.72. The molecular formula is C19H20N4O4. The van der Waals surface area contributed by atoms with E-state index in [4.69, 9.17) is 14.2 Å². The molecule has 27 heavy (non-hydrogen) atoms. The Morgan fingerprint density at radius 1 is 0.815 bits per heavy atom. The highest BCUT2D eigenvalue weighted by molar-refractivity contribution is 5.66. The van der Waals surface area contributed by atoms with Crippen LogP contribution in [0.25, 0.3) is 0 Å². The molecule has 1 heterocycles. The van der Waals surface area contributed by atoms with Crippen molar-refractivity contribution in [3.05, 3.63) is 48.7 Å². The first-order valence-corrected chi connectivity index (χ1v) is 8.09. The van der Waals surface area contributed by atoms with Gasteiger partial charge in [-0.15, -0.1) is 0 Å². The van der Waals surface area contributed by atoms with E-state index in [1.165, 1.54) is 0 Å². The van der Waals surface area contributed by atoms with Crippen LogP contribution in [0, 0.1) is 0 Å². The van der Waals surface area contributed by atoms with E-state index in [0.717, 1.165) is 5.69 Å². The Kier molecular flexibility index (Phi) is 5.46. The van der Waals surface area contributed by atoms with Crippen LogP contribution < -0.4 is 24.8 Å². The molecule has 140 valence electrons. The van der Waals surface area contributed by atoms with Crippen LogP contribution in [0.4, 0.5) is 23.1 Å². The quantitative estimate of drug-likeness (QED) is 0.543. The molecule has 3 rings (SSSR count). The van der Waals surface area contributed by atoms with Crippen LogP contribution in [0.15, 0.2) is 48.7 Å². The molecule has 0 aliphatic carbocycles. The number of aromatic hydroxyl groups is 1. The van der Waals surface area contributed by atoms with Crippen molar-refractivity contribution in [2.75, 3.05) is 32.0 Å². The van der Waals surface area contributed by atoms with E-state index in [-0.39, 0.29) is 5.75 Å². The molecule has 0 atom stereocenters. The van der Waals surface area contributed by atoms with Gasteiger partial charge in [-0.25, -0.2) is 4.98 Å². The summed E-state index contributed by atoms with van der Waals surface area (Å²) in [6.07, 6.45) is 1.63. The molecule has 0 saturated heterocycles. The molecule has 0 spiro atoms. The Labute approximate surface area is 156 Å². The maximum atomic E-state index is 9.36. The molecule has 8 nitrogen and oxygen atoms in total. The number of hydrogen-bond donors (Lipinski definition) is 3. The van der Waals surface area contributed by atoms with E-state index in [1.54, 1.807) is 70.0 Å². The number of phenolic OH excluding ortho intramolecular Hbond substituents is 1. The molecule has 0 bridgehead atoms. The fourth-order valence-corrected chi connectivity index (χ4v) is 2.46. The lowest BCUT2D eigenvalue weighted by molar-refractivity contribution is 0.324. The predicted octanol–water partition coefficient (Wildman–Crippen LogP) is 3.70. The fourth-order valence-electron chi connectivity index (χ4n) is 2.46. The fraction of sp³-hybridized carbons (Fsp3) is 0.158. The Bertz CT molecular complexity index is 891. The Balaban J connectivity index is 1.82. The SMILES string of the molecule is COc1cc(Nc2nccc(Nc3ccc(O)cc3)n2)cc(OC)c1OC. The Morgan fingerprint density at radius 3 is 2.07 bits per heavy atom. The van der Waals surface area contributed by atoms with Gasteiger partial charge in [0, 0.05) is 29.7 Å². The van der Waals surface area contributed by atoms with Crippen LogP contribution in [0.2, 0.25) is 0 Å². The smallest absolute Gasteiger partial charge is 0.229 e. The van der Waals surface area contributed by atoms with Crippen molar-refractivity contribution in [3.63, 3.8) is 0 Å². The van der Waals surface area contributed by atoms with E-state index in [1.807, 2.05) is 0 Å². The molecule has 3 N–H and O–H groups in total. The molecule has 2 aromatic carbocycles. The zero-order valence-electron chi connectivity index (χ0n) is 15.2. The van der Waals surface area contributed by atoms with E-state index in [2.05, 4.69) is 20.6 Å². The van der Waals surface area contributed by atoms with Gasteiger partial charge in [0.15, 0.2) is 11.5 Å². The average Bonchev–Trinajstić information content (AvgIpc) is 2.69. The van der Waals surface area contributed by atoms with Gasteiger partial charge in [0.1, 0.15) is 11.6 Å². The van der Waals surface area contributed by atoms with Gasteiger partial charge in [-0.1, -0.05) is 0 Å². The normalized spacial score (nSPS) is 10.2. The van der Waals surface area contributed by atoms with Gasteiger partial charge in [-0.2, -0.15) is 4.98 Å². The first-order chi connectivity index (χ1) is 13.1. The lowest BCUT2D eigenvalue weighted by Gasteiger charge is -2.15. The second kappa shape index (κ2) is 8.13. The van der Waals surface area contributed by atoms with Crippen molar-refractivity contribution < 1.29 is 19.3 Å².